The van der Waals surface area contributed by atoms with Crippen LogP contribution in [0.5, 0.6) is 0 Å². The predicted molar refractivity (Wildman–Crippen MR) is 53.2 cm³/mol. The minimum atomic E-state index is -1.08. The number of hydrogen-bond donors (Lipinski definition) is 1. The van der Waals surface area contributed by atoms with Gasteiger partial charge in [-0.2, -0.15) is 0 Å². The number of aliphatic carboxylic acids is 1. The lowest BCUT2D eigenvalue weighted by Gasteiger charge is -1.97. The van der Waals surface area contributed by atoms with Crippen LogP contribution >= 0.6 is 0 Å². The number of carboxylic acids is 1. The van der Waals surface area contributed by atoms with E-state index in [2.05, 4.69) is 5.16 Å². The molecule has 0 aliphatic rings. The summed E-state index contributed by atoms with van der Waals surface area (Å²) in [4.78, 5) is 10.4. The Kier molecular flexibility index (Phi) is 2.86. The van der Waals surface area contributed by atoms with E-state index in [0.717, 1.165) is 18.2 Å². The fourth-order valence-electron chi connectivity index (χ4n) is 1.36. The molecule has 0 spiro atoms. The predicted octanol–water partition coefficient (Wildman–Crippen LogP) is 2.25. The second-order valence-corrected chi connectivity index (χ2v) is 3.38. The van der Waals surface area contributed by atoms with Crippen molar-refractivity contribution >= 4 is 5.97 Å². The molecular formula is C11H7F2NO3. The molecule has 88 valence electrons. The molecule has 0 aliphatic heterocycles. The lowest BCUT2D eigenvalue weighted by molar-refractivity contribution is -0.136. The van der Waals surface area contributed by atoms with Gasteiger partial charge < -0.3 is 9.63 Å². The minimum absolute atomic E-state index is 0.00162. The average Bonchev–Trinajstić information content (AvgIpc) is 2.69. The summed E-state index contributed by atoms with van der Waals surface area (Å²) in [5, 5.41) is 12.0. The lowest BCUT2D eigenvalue weighted by Crippen LogP contribution is -1.99. The monoisotopic (exact) mass is 239 g/mol. The molecule has 17 heavy (non-hydrogen) atoms. The SMILES string of the molecule is O=C(O)Cc1cc(-c2cc(F)ccc2F)on1. The highest BCUT2D eigenvalue weighted by Crippen LogP contribution is 2.24. The molecule has 0 fully saturated rings. The number of carboxylic acid groups (broad SMARTS) is 1. The first-order valence-electron chi connectivity index (χ1n) is 4.69. The Labute approximate surface area is 94.5 Å². The maximum atomic E-state index is 13.4. The zero-order valence-electron chi connectivity index (χ0n) is 8.48. The summed E-state index contributed by atoms with van der Waals surface area (Å²) in [7, 11) is 0. The normalized spacial score (nSPS) is 10.5. The van der Waals surface area contributed by atoms with Crippen molar-refractivity contribution in [2.45, 2.75) is 6.42 Å². The third-order valence-corrected chi connectivity index (χ3v) is 2.09. The van der Waals surface area contributed by atoms with Crippen molar-refractivity contribution in [3.8, 4) is 11.3 Å². The first-order chi connectivity index (χ1) is 8.06. The average molecular weight is 239 g/mol. The molecule has 0 saturated carbocycles. The van der Waals surface area contributed by atoms with Crippen molar-refractivity contribution in [1.82, 2.24) is 5.16 Å². The standard InChI is InChI=1S/C11H7F2NO3/c12-6-1-2-9(13)8(3-6)10-4-7(14-17-10)5-11(15)16/h1-4H,5H2,(H,15,16). The highest BCUT2D eigenvalue weighted by Gasteiger charge is 2.13. The molecular weight excluding hydrogens is 232 g/mol. The number of nitrogens with zero attached hydrogens (tertiary/aromatic N) is 1. The van der Waals surface area contributed by atoms with Gasteiger partial charge in [-0.05, 0) is 18.2 Å². The van der Waals surface area contributed by atoms with Gasteiger partial charge in [0.2, 0.25) is 0 Å². The van der Waals surface area contributed by atoms with Gasteiger partial charge in [-0.3, -0.25) is 4.79 Å². The number of halogens is 2. The molecule has 1 aromatic heterocycles. The van der Waals surface area contributed by atoms with Crippen LogP contribution in [0.2, 0.25) is 0 Å². The van der Waals surface area contributed by atoms with E-state index in [1.54, 1.807) is 0 Å². The van der Waals surface area contributed by atoms with Crippen LogP contribution in [0.4, 0.5) is 8.78 Å². The van der Waals surface area contributed by atoms with Crippen molar-refractivity contribution < 1.29 is 23.2 Å². The summed E-state index contributed by atoms with van der Waals surface area (Å²) in [6.45, 7) is 0. The van der Waals surface area contributed by atoms with E-state index in [1.807, 2.05) is 0 Å². The Morgan fingerprint density at radius 2 is 2.12 bits per heavy atom. The minimum Gasteiger partial charge on any atom is -0.481 e. The largest absolute Gasteiger partial charge is 0.481 e. The fourth-order valence-corrected chi connectivity index (χ4v) is 1.36. The molecule has 1 heterocycles. The first-order valence-corrected chi connectivity index (χ1v) is 4.69. The molecule has 1 N–H and O–H groups in total. The molecule has 4 nitrogen and oxygen atoms in total. The van der Waals surface area contributed by atoms with Crippen LogP contribution in [0.15, 0.2) is 28.8 Å². The van der Waals surface area contributed by atoms with Gasteiger partial charge in [0.05, 0.1) is 17.7 Å². The molecule has 0 radical (unpaired) electrons. The fraction of sp³-hybridized carbons (Fsp3) is 0.0909. The Bertz CT molecular complexity index is 566. The molecule has 2 aromatic rings. The van der Waals surface area contributed by atoms with Crippen molar-refractivity contribution in [3.05, 3.63) is 41.6 Å². The van der Waals surface area contributed by atoms with E-state index in [4.69, 9.17) is 9.63 Å². The molecule has 0 saturated heterocycles. The van der Waals surface area contributed by atoms with Crippen LogP contribution in [0.3, 0.4) is 0 Å². The summed E-state index contributed by atoms with van der Waals surface area (Å²) in [6.07, 6.45) is -0.333. The van der Waals surface area contributed by atoms with Crippen molar-refractivity contribution in [3.63, 3.8) is 0 Å². The van der Waals surface area contributed by atoms with E-state index >= 15 is 0 Å². The van der Waals surface area contributed by atoms with E-state index in [9.17, 15) is 13.6 Å². The summed E-state index contributed by atoms with van der Waals surface area (Å²) < 4.78 is 31.1. The third kappa shape index (κ3) is 2.47. The Morgan fingerprint density at radius 3 is 2.82 bits per heavy atom. The smallest absolute Gasteiger partial charge is 0.309 e. The van der Waals surface area contributed by atoms with Gasteiger partial charge in [-0.25, -0.2) is 8.78 Å². The van der Waals surface area contributed by atoms with E-state index in [0.29, 0.717) is 0 Å². The van der Waals surface area contributed by atoms with Gasteiger partial charge in [-0.15, -0.1) is 0 Å². The van der Waals surface area contributed by atoms with Gasteiger partial charge in [0.1, 0.15) is 11.6 Å². The third-order valence-electron chi connectivity index (χ3n) is 2.09. The summed E-state index contributed by atoms with van der Waals surface area (Å²) in [5.41, 5.74) is 0.0605. The van der Waals surface area contributed by atoms with Crippen molar-refractivity contribution in [1.29, 1.82) is 0 Å². The van der Waals surface area contributed by atoms with Crippen LogP contribution < -0.4 is 0 Å². The number of aromatic nitrogens is 1. The zero-order valence-corrected chi connectivity index (χ0v) is 8.48. The summed E-state index contributed by atoms with van der Waals surface area (Å²) in [5.74, 6) is -2.36. The highest BCUT2D eigenvalue weighted by atomic mass is 19.1. The molecule has 6 heteroatoms. The van der Waals surface area contributed by atoms with Crippen LogP contribution in [0, 0.1) is 11.6 Å². The zero-order chi connectivity index (χ0) is 12.4. The van der Waals surface area contributed by atoms with E-state index < -0.39 is 17.6 Å². The maximum Gasteiger partial charge on any atom is 0.309 e. The first kappa shape index (κ1) is 11.3. The quantitative estimate of drug-likeness (QED) is 0.892. The second-order valence-electron chi connectivity index (χ2n) is 3.38. The van der Waals surface area contributed by atoms with Gasteiger partial charge >= 0.3 is 5.97 Å². The lowest BCUT2D eigenvalue weighted by atomic mass is 10.1. The Hall–Kier alpha value is -2.24. The molecule has 0 bridgehead atoms. The Balaban J connectivity index is 2.36. The number of rotatable bonds is 3. The van der Waals surface area contributed by atoms with Gasteiger partial charge in [0.25, 0.3) is 0 Å². The second kappa shape index (κ2) is 4.32. The summed E-state index contributed by atoms with van der Waals surface area (Å²) in [6, 6.07) is 4.17. The number of hydrogen-bond acceptors (Lipinski definition) is 3. The van der Waals surface area contributed by atoms with Crippen molar-refractivity contribution in [2.24, 2.45) is 0 Å². The van der Waals surface area contributed by atoms with Gasteiger partial charge in [-0.1, -0.05) is 5.16 Å². The van der Waals surface area contributed by atoms with Crippen LogP contribution in [-0.4, -0.2) is 16.2 Å². The highest BCUT2D eigenvalue weighted by molar-refractivity contribution is 5.70. The number of benzene rings is 1. The molecule has 0 unspecified atom stereocenters. The molecule has 0 amide bonds. The van der Waals surface area contributed by atoms with E-state index in [1.165, 1.54) is 6.07 Å². The van der Waals surface area contributed by atoms with Crippen LogP contribution in [0.25, 0.3) is 11.3 Å². The maximum absolute atomic E-state index is 13.4. The summed E-state index contributed by atoms with van der Waals surface area (Å²) >= 11 is 0. The van der Waals surface area contributed by atoms with Crippen molar-refractivity contribution in [2.75, 3.05) is 0 Å². The molecule has 0 aliphatic carbocycles. The molecule has 2 rings (SSSR count). The van der Waals surface area contributed by atoms with Crippen LogP contribution in [-0.2, 0) is 11.2 Å². The van der Waals surface area contributed by atoms with E-state index in [-0.39, 0.29) is 23.4 Å². The Morgan fingerprint density at radius 1 is 1.35 bits per heavy atom. The van der Waals surface area contributed by atoms with Gasteiger partial charge in [0, 0.05) is 6.07 Å². The van der Waals surface area contributed by atoms with Crippen LogP contribution in [0.1, 0.15) is 5.69 Å². The molecule has 1 aromatic carbocycles. The number of carbonyl (C=O) groups is 1. The molecule has 0 atom stereocenters. The topological polar surface area (TPSA) is 63.3 Å². The van der Waals surface area contributed by atoms with Gasteiger partial charge in [0.15, 0.2) is 5.76 Å².